The van der Waals surface area contributed by atoms with Gasteiger partial charge in [0.25, 0.3) is 5.56 Å². The van der Waals surface area contributed by atoms with Crippen molar-refractivity contribution >= 4 is 34.7 Å². The molecule has 182 valence electrons. The molecule has 13 heteroatoms. The average molecular weight is 529 g/mol. The zero-order valence-electron chi connectivity index (χ0n) is 18.2. The monoisotopic (exact) mass is 528 g/mol. The quantitative estimate of drug-likeness (QED) is 0.333. The number of anilines is 1. The Morgan fingerprint density at radius 2 is 2.06 bits per heavy atom. The lowest BCUT2D eigenvalue weighted by Crippen LogP contribution is -2.23. The van der Waals surface area contributed by atoms with E-state index in [1.54, 1.807) is 30.3 Å². The van der Waals surface area contributed by atoms with E-state index in [4.69, 9.17) is 16.1 Å². The molecule has 5 aromatic heterocycles. The Labute approximate surface area is 210 Å². The van der Waals surface area contributed by atoms with Gasteiger partial charge < -0.3 is 14.4 Å². The van der Waals surface area contributed by atoms with E-state index in [0.717, 1.165) is 20.2 Å². The van der Waals surface area contributed by atoms with E-state index in [1.165, 1.54) is 36.1 Å². The lowest BCUT2D eigenvalue weighted by atomic mass is 10.2. The fourth-order valence-electron chi connectivity index (χ4n) is 3.44. The molecule has 0 fully saturated rings. The minimum absolute atomic E-state index is 0.0468. The highest BCUT2D eigenvalue weighted by Crippen LogP contribution is 2.29. The van der Waals surface area contributed by atoms with Crippen LogP contribution in [0.2, 0.25) is 4.34 Å². The van der Waals surface area contributed by atoms with Crippen molar-refractivity contribution in [1.29, 1.82) is 0 Å². The largest absolute Gasteiger partial charge is 0.364 e. The molecule has 0 saturated carbocycles. The van der Waals surface area contributed by atoms with E-state index in [1.807, 2.05) is 0 Å². The van der Waals surface area contributed by atoms with Gasteiger partial charge in [-0.2, -0.15) is 9.78 Å². The molecule has 0 unspecified atom stereocenters. The van der Waals surface area contributed by atoms with Crippen LogP contribution in [-0.2, 0) is 13.1 Å². The molecule has 5 rings (SSSR count). The number of carbonyl (C=O) groups excluding carboxylic acids is 1. The lowest BCUT2D eigenvalue weighted by molar-refractivity contribution is 0.0938. The van der Waals surface area contributed by atoms with Crippen molar-refractivity contribution in [3.63, 3.8) is 0 Å². The molecule has 0 saturated heterocycles. The van der Waals surface area contributed by atoms with Gasteiger partial charge in [0.2, 0.25) is 0 Å². The Hall–Kier alpha value is -4.16. The standard InChI is InChI=1S/C23H15ClF2N6O3S/c24-18-5-4-15(36-18)10-28-21-19(26)20(29-32(21)23(34)17-6-8-35-30-17)13-9-16(25)22(33)31(11-13)12-14-3-1-2-7-27-14/h1-9,11,28H,10,12H2. The van der Waals surface area contributed by atoms with Gasteiger partial charge in [-0.3, -0.25) is 14.6 Å². The fraction of sp³-hybridized carbons (Fsp3) is 0.0870. The number of carbonyl (C=O) groups is 1. The van der Waals surface area contributed by atoms with Gasteiger partial charge in [-0.05, 0) is 30.3 Å². The van der Waals surface area contributed by atoms with Gasteiger partial charge in [-0.25, -0.2) is 8.78 Å². The highest BCUT2D eigenvalue weighted by molar-refractivity contribution is 7.16. The number of nitrogens with zero attached hydrogens (tertiary/aromatic N) is 5. The molecule has 1 N–H and O–H groups in total. The van der Waals surface area contributed by atoms with Crippen LogP contribution in [0.5, 0.6) is 0 Å². The number of hydrogen-bond acceptors (Lipinski definition) is 8. The van der Waals surface area contributed by atoms with Crippen LogP contribution in [-0.4, -0.2) is 30.4 Å². The van der Waals surface area contributed by atoms with Gasteiger partial charge in [0, 0.05) is 28.9 Å². The molecule has 5 aromatic rings. The van der Waals surface area contributed by atoms with E-state index in [0.29, 0.717) is 10.0 Å². The predicted octanol–water partition coefficient (Wildman–Crippen LogP) is 4.44. The number of hydrogen-bond donors (Lipinski definition) is 1. The molecular formula is C23H15ClF2N6O3S. The molecule has 0 atom stereocenters. The summed E-state index contributed by atoms with van der Waals surface area (Å²) in [4.78, 5) is 30.3. The van der Waals surface area contributed by atoms with E-state index in [9.17, 15) is 14.0 Å². The first-order valence-electron chi connectivity index (χ1n) is 10.4. The zero-order chi connectivity index (χ0) is 25.2. The minimum Gasteiger partial charge on any atom is -0.364 e. The fourth-order valence-corrected chi connectivity index (χ4v) is 4.47. The summed E-state index contributed by atoms with van der Waals surface area (Å²) >= 11 is 7.25. The number of pyridine rings is 2. The van der Waals surface area contributed by atoms with Crippen LogP contribution in [0.3, 0.4) is 0 Å². The summed E-state index contributed by atoms with van der Waals surface area (Å²) in [6.07, 6.45) is 3.99. The Kier molecular flexibility index (Phi) is 6.44. The molecule has 0 spiro atoms. The SMILES string of the molecule is O=C(c1ccon1)n1nc(-c2cc(F)c(=O)n(Cc3ccccn3)c2)c(F)c1NCc1ccc(Cl)s1. The number of halogens is 3. The third kappa shape index (κ3) is 4.68. The Balaban J connectivity index is 1.57. The van der Waals surface area contributed by atoms with Gasteiger partial charge in [-0.15, -0.1) is 11.3 Å². The summed E-state index contributed by atoms with van der Waals surface area (Å²) in [5, 5.41) is 10.5. The first kappa shape index (κ1) is 23.6. The van der Waals surface area contributed by atoms with Gasteiger partial charge in [0.1, 0.15) is 12.0 Å². The molecule has 0 radical (unpaired) electrons. The molecule has 9 nitrogen and oxygen atoms in total. The summed E-state index contributed by atoms with van der Waals surface area (Å²) in [7, 11) is 0. The molecule has 0 amide bonds. The van der Waals surface area contributed by atoms with Gasteiger partial charge in [0.05, 0.1) is 23.1 Å². The van der Waals surface area contributed by atoms with Crippen molar-refractivity contribution in [1.82, 2.24) is 24.5 Å². The lowest BCUT2D eigenvalue weighted by Gasteiger charge is -2.08. The van der Waals surface area contributed by atoms with Crippen LogP contribution in [0.4, 0.5) is 14.6 Å². The van der Waals surface area contributed by atoms with Gasteiger partial charge >= 0.3 is 5.91 Å². The maximum absolute atomic E-state index is 15.7. The molecule has 0 aliphatic heterocycles. The highest BCUT2D eigenvalue weighted by atomic mass is 35.5. The normalized spacial score (nSPS) is 11.1. The van der Waals surface area contributed by atoms with Gasteiger partial charge in [0.15, 0.2) is 23.1 Å². The van der Waals surface area contributed by atoms with Crippen molar-refractivity contribution in [2.75, 3.05) is 5.32 Å². The zero-order valence-corrected chi connectivity index (χ0v) is 19.8. The van der Waals surface area contributed by atoms with Crippen molar-refractivity contribution < 1.29 is 18.1 Å². The maximum atomic E-state index is 15.7. The highest BCUT2D eigenvalue weighted by Gasteiger charge is 2.26. The summed E-state index contributed by atoms with van der Waals surface area (Å²) in [6, 6.07) is 10.7. The molecule has 0 aliphatic rings. The molecular weight excluding hydrogens is 514 g/mol. The minimum atomic E-state index is -1.11. The number of aromatic nitrogens is 5. The van der Waals surface area contributed by atoms with E-state index in [2.05, 4.69) is 20.6 Å². The van der Waals surface area contributed by atoms with Crippen LogP contribution in [0.15, 0.2) is 70.4 Å². The maximum Gasteiger partial charge on any atom is 0.302 e. The predicted molar refractivity (Wildman–Crippen MR) is 128 cm³/mol. The Bertz CT molecular complexity index is 1600. The summed E-state index contributed by atoms with van der Waals surface area (Å²) in [5.41, 5.74) is -0.907. The van der Waals surface area contributed by atoms with Crippen LogP contribution in [0, 0.1) is 11.6 Å². The van der Waals surface area contributed by atoms with Gasteiger partial charge in [-0.1, -0.05) is 22.8 Å². The Morgan fingerprint density at radius 3 is 2.75 bits per heavy atom. The smallest absolute Gasteiger partial charge is 0.302 e. The first-order chi connectivity index (χ1) is 17.4. The molecule has 0 bridgehead atoms. The number of rotatable bonds is 7. The summed E-state index contributed by atoms with van der Waals surface area (Å²) in [5.74, 6) is -3.08. The second kappa shape index (κ2) is 9.84. The average Bonchev–Trinajstić information content (AvgIpc) is 3.62. The third-order valence-corrected chi connectivity index (χ3v) is 6.34. The van der Waals surface area contributed by atoms with Crippen LogP contribution < -0.4 is 10.9 Å². The van der Waals surface area contributed by atoms with Crippen molar-refractivity contribution in [2.45, 2.75) is 13.1 Å². The van der Waals surface area contributed by atoms with Crippen molar-refractivity contribution in [3.8, 4) is 11.3 Å². The van der Waals surface area contributed by atoms with E-state index in [-0.39, 0.29) is 35.9 Å². The van der Waals surface area contributed by atoms with Crippen molar-refractivity contribution in [3.05, 3.63) is 104 Å². The van der Waals surface area contributed by atoms with Crippen LogP contribution in [0.25, 0.3) is 11.3 Å². The summed E-state index contributed by atoms with van der Waals surface area (Å²) in [6.45, 7) is 0.0912. The number of thiophene rings is 1. The molecule has 36 heavy (non-hydrogen) atoms. The van der Waals surface area contributed by atoms with E-state index < -0.39 is 23.1 Å². The third-order valence-electron chi connectivity index (χ3n) is 5.11. The summed E-state index contributed by atoms with van der Waals surface area (Å²) < 4.78 is 37.4. The topological polar surface area (TPSA) is 108 Å². The van der Waals surface area contributed by atoms with E-state index >= 15 is 4.39 Å². The second-order valence-electron chi connectivity index (χ2n) is 7.50. The molecule has 5 heterocycles. The molecule has 0 aliphatic carbocycles. The van der Waals surface area contributed by atoms with Crippen molar-refractivity contribution in [2.24, 2.45) is 0 Å². The van der Waals surface area contributed by atoms with Crippen LogP contribution >= 0.6 is 22.9 Å². The number of nitrogens with one attached hydrogen (secondary N) is 1. The molecule has 0 aromatic carbocycles. The second-order valence-corrected chi connectivity index (χ2v) is 9.30. The first-order valence-corrected chi connectivity index (χ1v) is 11.6. The van der Waals surface area contributed by atoms with Crippen LogP contribution in [0.1, 0.15) is 21.1 Å². The Morgan fingerprint density at radius 1 is 1.19 bits per heavy atom.